The quantitative estimate of drug-likeness (QED) is 0.722. The van der Waals surface area contributed by atoms with Crippen molar-refractivity contribution in [1.82, 2.24) is 0 Å². The van der Waals surface area contributed by atoms with Gasteiger partial charge >= 0.3 is 5.97 Å². The number of Topliss-reactive ketones (excluding diaryl/α,β-unsaturated/α-hetero) is 1. The number of benzene rings is 1. The van der Waals surface area contributed by atoms with E-state index in [0.29, 0.717) is 18.6 Å². The van der Waals surface area contributed by atoms with E-state index in [9.17, 15) is 14.0 Å². The van der Waals surface area contributed by atoms with Crippen molar-refractivity contribution in [2.24, 2.45) is 0 Å². The largest absolute Gasteiger partial charge is 0.466 e. The molecule has 0 spiro atoms. The van der Waals surface area contributed by atoms with Gasteiger partial charge in [-0.2, -0.15) is 0 Å². The van der Waals surface area contributed by atoms with E-state index >= 15 is 0 Å². The fourth-order valence-corrected chi connectivity index (χ4v) is 1.70. The summed E-state index contributed by atoms with van der Waals surface area (Å²) in [6, 6.07) is 4.47. The monoisotopic (exact) mass is 286 g/mol. The highest BCUT2D eigenvalue weighted by atomic mass is 35.5. The van der Waals surface area contributed by atoms with E-state index in [1.54, 1.807) is 13.0 Å². The highest BCUT2D eigenvalue weighted by Crippen LogP contribution is 2.16. The van der Waals surface area contributed by atoms with Crippen LogP contribution in [-0.4, -0.2) is 18.4 Å². The first-order chi connectivity index (χ1) is 9.02. The maximum Gasteiger partial charge on any atom is 0.306 e. The van der Waals surface area contributed by atoms with Gasteiger partial charge in [-0.15, -0.1) is 0 Å². The minimum atomic E-state index is -0.488. The normalized spacial score (nSPS) is 10.3. The van der Waals surface area contributed by atoms with Crippen molar-refractivity contribution in [3.63, 3.8) is 0 Å². The van der Waals surface area contributed by atoms with Crippen LogP contribution in [0.15, 0.2) is 18.2 Å². The molecule has 0 bridgehead atoms. The van der Waals surface area contributed by atoms with E-state index in [-0.39, 0.29) is 36.0 Å². The van der Waals surface area contributed by atoms with E-state index in [1.165, 1.54) is 12.1 Å². The Balaban J connectivity index is 2.33. The standard InChI is InChI=1S/C14H16ClFO3/c1-2-19-14(18)8-6-11(17)5-3-10-4-7-12(15)13(16)9-10/h4,7,9H,2-3,5-6,8H2,1H3. The third-order valence-electron chi connectivity index (χ3n) is 2.59. The lowest BCUT2D eigenvalue weighted by Crippen LogP contribution is -2.08. The average molecular weight is 287 g/mol. The molecular weight excluding hydrogens is 271 g/mol. The Hall–Kier alpha value is -1.42. The molecule has 0 saturated carbocycles. The molecule has 1 aromatic rings. The second-order valence-electron chi connectivity index (χ2n) is 4.09. The Kier molecular flexibility index (Phi) is 6.50. The summed E-state index contributed by atoms with van der Waals surface area (Å²) in [6.07, 6.45) is 0.979. The summed E-state index contributed by atoms with van der Waals surface area (Å²) in [6.45, 7) is 2.03. The summed E-state index contributed by atoms with van der Waals surface area (Å²) in [4.78, 5) is 22.6. The lowest BCUT2D eigenvalue weighted by Gasteiger charge is -2.03. The molecule has 5 heteroatoms. The Bertz CT molecular complexity index is 460. The van der Waals surface area contributed by atoms with Crippen LogP contribution in [0.2, 0.25) is 5.02 Å². The molecule has 0 N–H and O–H groups in total. The third-order valence-corrected chi connectivity index (χ3v) is 2.90. The molecule has 0 fully saturated rings. The Labute approximate surface area is 116 Å². The third kappa shape index (κ3) is 5.83. The predicted octanol–water partition coefficient (Wildman–Crippen LogP) is 3.32. The summed E-state index contributed by atoms with van der Waals surface area (Å²) in [5, 5.41) is 0.0670. The zero-order valence-electron chi connectivity index (χ0n) is 10.7. The predicted molar refractivity (Wildman–Crippen MR) is 70.6 cm³/mol. The summed E-state index contributed by atoms with van der Waals surface area (Å²) in [7, 11) is 0. The summed E-state index contributed by atoms with van der Waals surface area (Å²) < 4.78 is 17.9. The van der Waals surface area contributed by atoms with E-state index < -0.39 is 5.82 Å². The second kappa shape index (κ2) is 7.89. The minimum Gasteiger partial charge on any atom is -0.466 e. The molecule has 0 atom stereocenters. The molecule has 0 heterocycles. The molecule has 104 valence electrons. The van der Waals surface area contributed by atoms with E-state index in [4.69, 9.17) is 16.3 Å². The maximum absolute atomic E-state index is 13.2. The van der Waals surface area contributed by atoms with Crippen LogP contribution in [0, 0.1) is 5.82 Å². The van der Waals surface area contributed by atoms with Gasteiger partial charge in [0.25, 0.3) is 0 Å². The fourth-order valence-electron chi connectivity index (χ4n) is 1.58. The number of ketones is 1. The smallest absolute Gasteiger partial charge is 0.306 e. The van der Waals surface area contributed by atoms with Gasteiger partial charge in [0, 0.05) is 12.8 Å². The highest BCUT2D eigenvalue weighted by Gasteiger charge is 2.08. The van der Waals surface area contributed by atoms with E-state index in [0.717, 1.165) is 0 Å². The van der Waals surface area contributed by atoms with Crippen LogP contribution in [0.3, 0.4) is 0 Å². The van der Waals surface area contributed by atoms with Crippen molar-refractivity contribution in [3.8, 4) is 0 Å². The van der Waals surface area contributed by atoms with Crippen molar-refractivity contribution >= 4 is 23.4 Å². The first kappa shape index (κ1) is 15.6. The topological polar surface area (TPSA) is 43.4 Å². The van der Waals surface area contributed by atoms with Crippen molar-refractivity contribution in [2.45, 2.75) is 32.6 Å². The van der Waals surface area contributed by atoms with Crippen LogP contribution in [0.1, 0.15) is 31.7 Å². The number of hydrogen-bond donors (Lipinski definition) is 0. The van der Waals surface area contributed by atoms with Gasteiger partial charge < -0.3 is 4.74 Å². The van der Waals surface area contributed by atoms with E-state index in [1.807, 2.05) is 0 Å². The number of carbonyl (C=O) groups excluding carboxylic acids is 2. The summed E-state index contributed by atoms with van der Waals surface area (Å²) >= 11 is 5.56. The van der Waals surface area contributed by atoms with Crippen molar-refractivity contribution in [1.29, 1.82) is 0 Å². The minimum absolute atomic E-state index is 0.0385. The molecule has 0 aromatic heterocycles. The summed E-state index contributed by atoms with van der Waals surface area (Å²) in [5.74, 6) is -0.894. The molecule has 0 radical (unpaired) electrons. The highest BCUT2D eigenvalue weighted by molar-refractivity contribution is 6.30. The first-order valence-corrected chi connectivity index (χ1v) is 6.52. The Morgan fingerprint density at radius 2 is 2.00 bits per heavy atom. The second-order valence-corrected chi connectivity index (χ2v) is 4.50. The molecule has 1 aromatic carbocycles. The number of rotatable bonds is 7. The molecule has 0 aliphatic carbocycles. The van der Waals surface area contributed by atoms with Crippen molar-refractivity contribution < 1.29 is 18.7 Å². The van der Waals surface area contributed by atoms with Gasteiger partial charge in [0.1, 0.15) is 11.6 Å². The van der Waals surface area contributed by atoms with Gasteiger partial charge in [0.2, 0.25) is 0 Å². The average Bonchev–Trinajstić information content (AvgIpc) is 2.38. The molecule has 0 unspecified atom stereocenters. The van der Waals surface area contributed by atoms with Crippen molar-refractivity contribution in [3.05, 3.63) is 34.6 Å². The number of esters is 1. The number of hydrogen-bond acceptors (Lipinski definition) is 3. The van der Waals surface area contributed by atoms with Gasteiger partial charge in [-0.1, -0.05) is 17.7 Å². The van der Waals surface area contributed by atoms with Crippen LogP contribution < -0.4 is 0 Å². The Morgan fingerprint density at radius 3 is 2.63 bits per heavy atom. The lowest BCUT2D eigenvalue weighted by atomic mass is 10.1. The number of halogens is 2. The molecule has 0 amide bonds. The number of ether oxygens (including phenoxy) is 1. The van der Waals surface area contributed by atoms with Gasteiger partial charge in [-0.05, 0) is 31.0 Å². The molecule has 0 saturated heterocycles. The van der Waals surface area contributed by atoms with Gasteiger partial charge in [0.15, 0.2) is 0 Å². The SMILES string of the molecule is CCOC(=O)CCC(=O)CCc1ccc(Cl)c(F)c1. The van der Waals surface area contributed by atoms with Crippen LogP contribution in [0.5, 0.6) is 0 Å². The zero-order chi connectivity index (χ0) is 14.3. The zero-order valence-corrected chi connectivity index (χ0v) is 11.5. The maximum atomic E-state index is 13.2. The fraction of sp³-hybridized carbons (Fsp3) is 0.429. The van der Waals surface area contributed by atoms with Gasteiger partial charge in [0.05, 0.1) is 18.1 Å². The molecule has 0 aliphatic rings. The van der Waals surface area contributed by atoms with Gasteiger partial charge in [-0.3, -0.25) is 9.59 Å². The van der Waals surface area contributed by atoms with Crippen LogP contribution in [0.25, 0.3) is 0 Å². The van der Waals surface area contributed by atoms with Gasteiger partial charge in [-0.25, -0.2) is 4.39 Å². The number of aryl methyl sites for hydroxylation is 1. The first-order valence-electron chi connectivity index (χ1n) is 6.14. The summed E-state index contributed by atoms with van der Waals surface area (Å²) in [5.41, 5.74) is 0.714. The molecule has 1 rings (SSSR count). The molecule has 3 nitrogen and oxygen atoms in total. The van der Waals surface area contributed by atoms with Crippen molar-refractivity contribution in [2.75, 3.05) is 6.61 Å². The molecule has 0 aliphatic heterocycles. The van der Waals surface area contributed by atoms with Crippen LogP contribution >= 0.6 is 11.6 Å². The van der Waals surface area contributed by atoms with Crippen LogP contribution in [0.4, 0.5) is 4.39 Å². The Morgan fingerprint density at radius 1 is 1.26 bits per heavy atom. The van der Waals surface area contributed by atoms with Crippen LogP contribution in [-0.2, 0) is 20.7 Å². The number of carbonyl (C=O) groups is 2. The van der Waals surface area contributed by atoms with E-state index in [2.05, 4.69) is 0 Å². The lowest BCUT2D eigenvalue weighted by molar-refractivity contribution is -0.144. The molecular formula is C14H16ClFO3. The molecule has 19 heavy (non-hydrogen) atoms.